The van der Waals surface area contributed by atoms with Crippen molar-refractivity contribution in [3.05, 3.63) is 30.6 Å². The van der Waals surface area contributed by atoms with Gasteiger partial charge >= 0.3 is 0 Å². The molecule has 1 aliphatic heterocycles. The van der Waals surface area contributed by atoms with Crippen molar-refractivity contribution in [1.29, 1.82) is 0 Å². The zero-order valence-corrected chi connectivity index (χ0v) is 17.1. The molecule has 0 radical (unpaired) electrons. The van der Waals surface area contributed by atoms with Crippen molar-refractivity contribution in [2.45, 2.75) is 6.10 Å². The maximum Gasteiger partial charge on any atom is 0.225 e. The number of β-amino-alcohol motifs (C(OH)–C–C–N with tert-alkyl or cyclic N) is 1. The Bertz CT molecular complexity index is 744. The van der Waals surface area contributed by atoms with Gasteiger partial charge in [-0.2, -0.15) is 0 Å². The molecule has 3 rings (SSSR count). The smallest absolute Gasteiger partial charge is 0.225 e. The van der Waals surface area contributed by atoms with Crippen LogP contribution in [0.25, 0.3) is 0 Å². The Balaban J connectivity index is 1.49. The van der Waals surface area contributed by atoms with E-state index in [1.807, 2.05) is 6.07 Å². The van der Waals surface area contributed by atoms with Crippen LogP contribution in [0.4, 0.5) is 5.95 Å². The van der Waals surface area contributed by atoms with Crippen molar-refractivity contribution in [2.75, 3.05) is 65.6 Å². The first kappa shape index (κ1) is 20.9. The third-order valence-corrected chi connectivity index (χ3v) is 4.76. The van der Waals surface area contributed by atoms with Crippen LogP contribution in [0.1, 0.15) is 0 Å². The van der Waals surface area contributed by atoms with Crippen LogP contribution in [0.5, 0.6) is 23.0 Å². The van der Waals surface area contributed by atoms with Gasteiger partial charge in [0.25, 0.3) is 0 Å². The normalized spacial score (nSPS) is 15.7. The fourth-order valence-corrected chi connectivity index (χ4v) is 3.27. The second kappa shape index (κ2) is 10.1. The number of piperazine rings is 1. The van der Waals surface area contributed by atoms with E-state index in [0.717, 1.165) is 32.1 Å². The monoisotopic (exact) mass is 404 g/mol. The number of nitrogens with zero attached hydrogens (tertiary/aromatic N) is 4. The zero-order valence-electron chi connectivity index (χ0n) is 17.1. The van der Waals surface area contributed by atoms with E-state index in [1.54, 1.807) is 45.9 Å². The minimum atomic E-state index is -0.617. The number of methoxy groups -OCH3 is 3. The number of benzene rings is 1. The van der Waals surface area contributed by atoms with Crippen LogP contribution in [0.2, 0.25) is 0 Å². The molecule has 1 N–H and O–H groups in total. The van der Waals surface area contributed by atoms with E-state index in [0.29, 0.717) is 29.5 Å². The fraction of sp³-hybridized carbons (Fsp3) is 0.500. The summed E-state index contributed by atoms with van der Waals surface area (Å²) in [6.07, 6.45) is 2.88. The van der Waals surface area contributed by atoms with Crippen molar-refractivity contribution in [1.82, 2.24) is 14.9 Å². The van der Waals surface area contributed by atoms with Gasteiger partial charge in [0.1, 0.15) is 18.5 Å². The Kier molecular flexibility index (Phi) is 7.31. The Morgan fingerprint density at radius 2 is 1.59 bits per heavy atom. The van der Waals surface area contributed by atoms with Crippen LogP contribution in [0.15, 0.2) is 30.6 Å². The van der Waals surface area contributed by atoms with Gasteiger partial charge in [-0.25, -0.2) is 9.97 Å². The van der Waals surface area contributed by atoms with E-state index in [4.69, 9.17) is 18.9 Å². The van der Waals surface area contributed by atoms with E-state index < -0.39 is 6.10 Å². The van der Waals surface area contributed by atoms with E-state index in [9.17, 15) is 5.11 Å². The molecule has 2 heterocycles. The first-order valence-electron chi connectivity index (χ1n) is 9.49. The summed E-state index contributed by atoms with van der Waals surface area (Å²) in [6, 6.07) is 5.24. The first-order chi connectivity index (χ1) is 14.1. The molecule has 1 aliphatic rings. The van der Waals surface area contributed by atoms with Crippen LogP contribution >= 0.6 is 0 Å². The maximum absolute atomic E-state index is 10.4. The molecule has 0 saturated carbocycles. The van der Waals surface area contributed by atoms with Crippen molar-refractivity contribution < 1.29 is 24.1 Å². The van der Waals surface area contributed by atoms with Crippen LogP contribution in [0.3, 0.4) is 0 Å². The topological polar surface area (TPSA) is 89.4 Å². The number of aliphatic hydroxyl groups is 1. The van der Waals surface area contributed by atoms with Gasteiger partial charge in [0.05, 0.1) is 21.3 Å². The second-order valence-corrected chi connectivity index (χ2v) is 6.66. The van der Waals surface area contributed by atoms with E-state index >= 15 is 0 Å². The molecule has 1 aromatic carbocycles. The lowest BCUT2D eigenvalue weighted by Crippen LogP contribution is -2.49. The highest BCUT2D eigenvalue weighted by Crippen LogP contribution is 2.40. The second-order valence-electron chi connectivity index (χ2n) is 6.66. The predicted octanol–water partition coefficient (Wildman–Crippen LogP) is 1.06. The molecule has 1 aromatic heterocycles. The fourth-order valence-electron chi connectivity index (χ4n) is 3.27. The number of ether oxygens (including phenoxy) is 4. The van der Waals surface area contributed by atoms with E-state index in [2.05, 4.69) is 19.8 Å². The summed E-state index contributed by atoms with van der Waals surface area (Å²) in [4.78, 5) is 12.9. The van der Waals surface area contributed by atoms with Gasteiger partial charge in [0, 0.05) is 57.3 Å². The highest BCUT2D eigenvalue weighted by molar-refractivity contribution is 5.55. The quantitative estimate of drug-likeness (QED) is 0.659. The third kappa shape index (κ3) is 5.39. The Morgan fingerprint density at radius 1 is 0.966 bits per heavy atom. The van der Waals surface area contributed by atoms with Gasteiger partial charge in [-0.1, -0.05) is 0 Å². The molecule has 9 heteroatoms. The number of rotatable bonds is 9. The molecule has 1 atom stereocenters. The first-order valence-corrected chi connectivity index (χ1v) is 9.49. The predicted molar refractivity (Wildman–Crippen MR) is 108 cm³/mol. The lowest BCUT2D eigenvalue weighted by Gasteiger charge is -2.35. The minimum Gasteiger partial charge on any atom is -0.493 e. The summed E-state index contributed by atoms with van der Waals surface area (Å²) in [5.41, 5.74) is 0. The van der Waals surface area contributed by atoms with Crippen LogP contribution < -0.4 is 23.8 Å². The number of aromatic nitrogens is 2. The molecular weight excluding hydrogens is 376 g/mol. The summed E-state index contributed by atoms with van der Waals surface area (Å²) in [5, 5.41) is 10.4. The maximum atomic E-state index is 10.4. The lowest BCUT2D eigenvalue weighted by atomic mass is 10.2. The summed E-state index contributed by atoms with van der Waals surface area (Å²) >= 11 is 0. The molecule has 1 saturated heterocycles. The van der Waals surface area contributed by atoms with Crippen molar-refractivity contribution in [3.63, 3.8) is 0 Å². The van der Waals surface area contributed by atoms with Gasteiger partial charge < -0.3 is 29.0 Å². The standard InChI is InChI=1S/C20H28N4O5/c1-26-17-11-16(12-18(27-2)19(17)28-3)29-14-15(25)13-23-7-9-24(10-8-23)20-21-5-4-6-22-20/h4-6,11-12,15,25H,7-10,13-14H2,1-3H3. The van der Waals surface area contributed by atoms with Crippen LogP contribution in [-0.2, 0) is 0 Å². The van der Waals surface area contributed by atoms with Gasteiger partial charge in [0.15, 0.2) is 11.5 Å². The average Bonchev–Trinajstić information content (AvgIpc) is 2.78. The van der Waals surface area contributed by atoms with Gasteiger partial charge in [-0.15, -0.1) is 0 Å². The molecule has 1 fully saturated rings. The molecule has 0 amide bonds. The largest absolute Gasteiger partial charge is 0.493 e. The summed E-state index contributed by atoms with van der Waals surface area (Å²) in [6.45, 7) is 4.02. The van der Waals surface area contributed by atoms with Crippen molar-refractivity contribution in [3.8, 4) is 23.0 Å². The van der Waals surface area contributed by atoms with Crippen molar-refractivity contribution in [2.24, 2.45) is 0 Å². The summed E-state index contributed by atoms with van der Waals surface area (Å²) < 4.78 is 21.7. The Morgan fingerprint density at radius 3 is 2.14 bits per heavy atom. The summed E-state index contributed by atoms with van der Waals surface area (Å²) in [7, 11) is 4.65. The molecule has 0 aliphatic carbocycles. The van der Waals surface area contributed by atoms with Gasteiger partial charge in [-0.05, 0) is 6.07 Å². The summed E-state index contributed by atoms with van der Waals surface area (Å²) in [5.74, 6) is 2.82. The zero-order chi connectivity index (χ0) is 20.6. The number of hydrogen-bond donors (Lipinski definition) is 1. The lowest BCUT2D eigenvalue weighted by molar-refractivity contribution is 0.0660. The number of anilines is 1. The van der Waals surface area contributed by atoms with E-state index in [-0.39, 0.29) is 6.61 Å². The SMILES string of the molecule is COc1cc(OCC(O)CN2CCN(c3ncccn3)CC2)cc(OC)c1OC. The van der Waals surface area contributed by atoms with Gasteiger partial charge in [-0.3, -0.25) is 4.90 Å². The number of aliphatic hydroxyl groups excluding tert-OH is 1. The molecule has 29 heavy (non-hydrogen) atoms. The van der Waals surface area contributed by atoms with Crippen LogP contribution in [-0.4, -0.2) is 86.7 Å². The Hall–Kier alpha value is -2.78. The molecule has 1 unspecified atom stereocenters. The molecule has 0 bridgehead atoms. The average molecular weight is 404 g/mol. The minimum absolute atomic E-state index is 0.167. The van der Waals surface area contributed by atoms with Crippen LogP contribution in [0, 0.1) is 0 Å². The molecular formula is C20H28N4O5. The number of hydrogen-bond acceptors (Lipinski definition) is 9. The molecule has 158 valence electrons. The highest BCUT2D eigenvalue weighted by atomic mass is 16.5. The molecule has 0 spiro atoms. The third-order valence-electron chi connectivity index (χ3n) is 4.76. The van der Waals surface area contributed by atoms with Gasteiger partial charge in [0.2, 0.25) is 11.7 Å². The van der Waals surface area contributed by atoms with E-state index in [1.165, 1.54) is 0 Å². The Labute approximate surface area is 170 Å². The molecule has 2 aromatic rings. The highest BCUT2D eigenvalue weighted by Gasteiger charge is 2.21. The van der Waals surface area contributed by atoms with Crippen molar-refractivity contribution >= 4 is 5.95 Å². The molecule has 9 nitrogen and oxygen atoms in total.